The number of hydrogen-bond donors (Lipinski definition) is 2. The van der Waals surface area contributed by atoms with E-state index in [2.05, 4.69) is 0 Å². The molecule has 0 heterocycles. The van der Waals surface area contributed by atoms with Gasteiger partial charge in [0.25, 0.3) is 0 Å². The molecular weight excluding hydrogens is 212 g/mol. The van der Waals surface area contributed by atoms with Crippen LogP contribution in [0.25, 0.3) is 0 Å². The fraction of sp³-hybridized carbons (Fsp3) is 0.333. The summed E-state index contributed by atoms with van der Waals surface area (Å²) < 4.78 is 26.3. The minimum Gasteiger partial charge on any atom is -0.394 e. The summed E-state index contributed by atoms with van der Waals surface area (Å²) in [5, 5.41) is 8.67. The number of aryl methyl sites for hydroxylation is 1. The Hall–Kier alpha value is -0.710. The van der Waals surface area contributed by atoms with Crippen LogP contribution in [0.4, 0.5) is 8.78 Å². The summed E-state index contributed by atoms with van der Waals surface area (Å²) >= 11 is 0. The van der Waals surface area contributed by atoms with E-state index >= 15 is 0 Å². The molecule has 80 valence electrons. The number of hydrogen-bond acceptors (Lipinski definition) is 2. The number of rotatable bonds is 2. The normalized spacial score (nSPS) is 12.1. The maximum Gasteiger partial charge on any atom is 0.133 e. The standard InChI is InChI=1S/C9H11F2NO.ClH/c1-5-2-3-6(10)8(9(5)11)7(12)4-13;/h2-3,7,13H,4,12H2,1H3;1H/t7-;/m0./s1. The Labute approximate surface area is 87.1 Å². The van der Waals surface area contributed by atoms with Gasteiger partial charge in [0.1, 0.15) is 11.6 Å². The molecular formula is C9H12ClF2NO. The van der Waals surface area contributed by atoms with Crippen molar-refractivity contribution in [2.75, 3.05) is 6.61 Å². The van der Waals surface area contributed by atoms with Crippen LogP contribution in [0.1, 0.15) is 17.2 Å². The minimum atomic E-state index is -1.00. The molecule has 0 radical (unpaired) electrons. The Morgan fingerprint density at radius 2 is 2.00 bits per heavy atom. The van der Waals surface area contributed by atoms with E-state index in [1.807, 2.05) is 0 Å². The average molecular weight is 224 g/mol. The molecule has 1 atom stereocenters. The number of aliphatic hydroxyl groups is 1. The molecule has 0 aromatic heterocycles. The van der Waals surface area contributed by atoms with Crippen LogP contribution in [0.15, 0.2) is 12.1 Å². The summed E-state index contributed by atoms with van der Waals surface area (Å²) in [5.74, 6) is -1.40. The molecule has 1 aromatic rings. The number of nitrogens with two attached hydrogens (primary N) is 1. The molecule has 0 saturated carbocycles. The van der Waals surface area contributed by atoms with E-state index in [4.69, 9.17) is 10.8 Å². The van der Waals surface area contributed by atoms with Crippen molar-refractivity contribution in [3.63, 3.8) is 0 Å². The molecule has 3 N–H and O–H groups in total. The SMILES string of the molecule is Cc1ccc(F)c([C@@H](N)CO)c1F.Cl. The van der Waals surface area contributed by atoms with Crippen LogP contribution in [-0.4, -0.2) is 11.7 Å². The third kappa shape index (κ3) is 2.41. The first-order valence-electron chi connectivity index (χ1n) is 3.89. The Bertz CT molecular complexity index is 320. The topological polar surface area (TPSA) is 46.2 Å². The highest BCUT2D eigenvalue weighted by Crippen LogP contribution is 2.21. The second-order valence-corrected chi connectivity index (χ2v) is 2.88. The van der Waals surface area contributed by atoms with E-state index in [-0.39, 0.29) is 18.0 Å². The van der Waals surface area contributed by atoms with Gasteiger partial charge in [-0.25, -0.2) is 8.78 Å². The predicted octanol–water partition coefficient (Wildman–Crippen LogP) is 1.69. The second kappa shape index (κ2) is 5.24. The third-order valence-electron chi connectivity index (χ3n) is 1.89. The molecule has 0 aliphatic rings. The van der Waals surface area contributed by atoms with Gasteiger partial charge in [-0.2, -0.15) is 0 Å². The molecule has 14 heavy (non-hydrogen) atoms. The lowest BCUT2D eigenvalue weighted by Gasteiger charge is -2.12. The minimum absolute atomic E-state index is 0. The lowest BCUT2D eigenvalue weighted by atomic mass is 10.0. The second-order valence-electron chi connectivity index (χ2n) is 2.88. The monoisotopic (exact) mass is 223 g/mol. The van der Waals surface area contributed by atoms with Crippen LogP contribution in [0.5, 0.6) is 0 Å². The van der Waals surface area contributed by atoms with Gasteiger partial charge >= 0.3 is 0 Å². The first kappa shape index (κ1) is 13.3. The zero-order valence-corrected chi connectivity index (χ0v) is 8.44. The maximum absolute atomic E-state index is 13.3. The molecule has 1 rings (SSSR count). The number of halogens is 3. The predicted molar refractivity (Wildman–Crippen MR) is 52.4 cm³/mol. The zero-order valence-electron chi connectivity index (χ0n) is 7.63. The lowest BCUT2D eigenvalue weighted by molar-refractivity contribution is 0.262. The fourth-order valence-electron chi connectivity index (χ4n) is 1.11. The van der Waals surface area contributed by atoms with E-state index in [9.17, 15) is 8.78 Å². The Morgan fingerprint density at radius 1 is 1.43 bits per heavy atom. The molecule has 5 heteroatoms. The molecule has 2 nitrogen and oxygen atoms in total. The fourth-order valence-corrected chi connectivity index (χ4v) is 1.11. The third-order valence-corrected chi connectivity index (χ3v) is 1.89. The first-order valence-corrected chi connectivity index (χ1v) is 3.89. The highest BCUT2D eigenvalue weighted by atomic mass is 35.5. The Balaban J connectivity index is 0.00000169. The number of benzene rings is 1. The summed E-state index contributed by atoms with van der Waals surface area (Å²) in [5.41, 5.74) is 5.41. The summed E-state index contributed by atoms with van der Waals surface area (Å²) in [7, 11) is 0. The highest BCUT2D eigenvalue weighted by Gasteiger charge is 2.17. The zero-order chi connectivity index (χ0) is 10.0. The summed E-state index contributed by atoms with van der Waals surface area (Å²) in [6.07, 6.45) is 0. The van der Waals surface area contributed by atoms with Crippen LogP contribution < -0.4 is 5.73 Å². The first-order chi connectivity index (χ1) is 6.07. The van der Waals surface area contributed by atoms with E-state index in [0.29, 0.717) is 5.56 Å². The van der Waals surface area contributed by atoms with Crippen molar-refractivity contribution in [2.45, 2.75) is 13.0 Å². The summed E-state index contributed by atoms with van der Waals surface area (Å²) in [6, 6.07) is 1.47. The summed E-state index contributed by atoms with van der Waals surface area (Å²) in [4.78, 5) is 0. The van der Waals surface area contributed by atoms with Crippen LogP contribution in [0, 0.1) is 18.6 Å². The van der Waals surface area contributed by atoms with Crippen molar-refractivity contribution >= 4 is 12.4 Å². The van der Waals surface area contributed by atoms with Gasteiger partial charge in [0.2, 0.25) is 0 Å². The quantitative estimate of drug-likeness (QED) is 0.802. The van der Waals surface area contributed by atoms with Gasteiger partial charge in [-0.1, -0.05) is 6.07 Å². The number of aliphatic hydroxyl groups excluding tert-OH is 1. The molecule has 0 spiro atoms. The molecule has 0 bridgehead atoms. The van der Waals surface area contributed by atoms with E-state index in [1.165, 1.54) is 13.0 Å². The van der Waals surface area contributed by atoms with E-state index in [1.54, 1.807) is 0 Å². The van der Waals surface area contributed by atoms with Crippen molar-refractivity contribution in [3.8, 4) is 0 Å². The van der Waals surface area contributed by atoms with Crippen molar-refractivity contribution in [1.82, 2.24) is 0 Å². The van der Waals surface area contributed by atoms with Crippen LogP contribution in [0.2, 0.25) is 0 Å². The lowest BCUT2D eigenvalue weighted by Crippen LogP contribution is -2.18. The molecule has 0 saturated heterocycles. The van der Waals surface area contributed by atoms with Crippen molar-refractivity contribution in [2.24, 2.45) is 5.73 Å². The van der Waals surface area contributed by atoms with Gasteiger partial charge in [-0.3, -0.25) is 0 Å². The maximum atomic E-state index is 13.3. The molecule has 0 fully saturated rings. The van der Waals surface area contributed by atoms with Gasteiger partial charge in [-0.05, 0) is 18.6 Å². The van der Waals surface area contributed by atoms with E-state index < -0.39 is 24.3 Å². The van der Waals surface area contributed by atoms with E-state index in [0.717, 1.165) is 6.07 Å². The Kier molecular flexibility index (Phi) is 4.97. The van der Waals surface area contributed by atoms with Crippen molar-refractivity contribution < 1.29 is 13.9 Å². The molecule has 1 aromatic carbocycles. The molecule has 0 amide bonds. The molecule has 0 aliphatic carbocycles. The van der Waals surface area contributed by atoms with Crippen molar-refractivity contribution in [3.05, 3.63) is 34.9 Å². The van der Waals surface area contributed by atoms with Gasteiger partial charge in [0, 0.05) is 5.56 Å². The van der Waals surface area contributed by atoms with Crippen LogP contribution in [-0.2, 0) is 0 Å². The van der Waals surface area contributed by atoms with Crippen molar-refractivity contribution in [1.29, 1.82) is 0 Å². The largest absolute Gasteiger partial charge is 0.394 e. The van der Waals surface area contributed by atoms with Gasteiger partial charge in [-0.15, -0.1) is 12.4 Å². The molecule has 0 aliphatic heterocycles. The smallest absolute Gasteiger partial charge is 0.133 e. The van der Waals surface area contributed by atoms with Gasteiger partial charge in [0.05, 0.1) is 12.6 Å². The average Bonchev–Trinajstić information content (AvgIpc) is 2.12. The molecule has 0 unspecified atom stereocenters. The van der Waals surface area contributed by atoms with Crippen LogP contribution >= 0.6 is 12.4 Å². The van der Waals surface area contributed by atoms with Crippen LogP contribution in [0.3, 0.4) is 0 Å². The Morgan fingerprint density at radius 3 is 2.50 bits per heavy atom. The van der Waals surface area contributed by atoms with Gasteiger partial charge in [0.15, 0.2) is 0 Å². The highest BCUT2D eigenvalue weighted by molar-refractivity contribution is 5.85. The summed E-state index contributed by atoms with van der Waals surface area (Å²) in [6.45, 7) is 1.04. The van der Waals surface area contributed by atoms with Gasteiger partial charge < -0.3 is 10.8 Å².